The Morgan fingerprint density at radius 3 is 2.44 bits per heavy atom. The summed E-state index contributed by atoms with van der Waals surface area (Å²) in [6.45, 7) is 0.405. The monoisotopic (exact) mass is 394 g/mol. The van der Waals surface area contributed by atoms with Crippen LogP contribution in [0.3, 0.4) is 0 Å². The highest BCUT2D eigenvalue weighted by Gasteiger charge is 2.24. The molecule has 0 spiro atoms. The molecule has 8 nitrogen and oxygen atoms in total. The van der Waals surface area contributed by atoms with E-state index in [0.29, 0.717) is 6.54 Å². The second-order valence-corrected chi connectivity index (χ2v) is 8.48. The Morgan fingerprint density at radius 2 is 1.89 bits per heavy atom. The molecule has 2 N–H and O–H groups in total. The first-order chi connectivity index (χ1) is 12.6. The summed E-state index contributed by atoms with van der Waals surface area (Å²) in [5.41, 5.74) is 0.974. The molecule has 0 fully saturated rings. The van der Waals surface area contributed by atoms with Crippen molar-refractivity contribution in [3.05, 3.63) is 58.1 Å². The molecular weight excluding hydrogens is 370 g/mol. The van der Waals surface area contributed by atoms with Gasteiger partial charge in [0.1, 0.15) is 17.5 Å². The normalized spacial score (nSPS) is 12.6. The van der Waals surface area contributed by atoms with Gasteiger partial charge < -0.3 is 15.0 Å². The molecular formula is C18H24N3O5S+. The number of quaternary nitrogens is 1. The van der Waals surface area contributed by atoms with Gasteiger partial charge in [-0.1, -0.05) is 12.1 Å². The van der Waals surface area contributed by atoms with Gasteiger partial charge >= 0.3 is 0 Å². The number of sulfone groups is 1. The SMILES string of the molecule is COc1ccccc1[C@H](CNc1ccc(S(C)(=O)=O)cc1[N+](=O)[O-])[NH+](C)C. The highest BCUT2D eigenvalue weighted by atomic mass is 32.2. The number of nitro groups is 1. The van der Waals surface area contributed by atoms with Crippen molar-refractivity contribution in [2.75, 3.05) is 39.3 Å². The van der Waals surface area contributed by atoms with Gasteiger partial charge in [0.05, 0.1) is 43.1 Å². The van der Waals surface area contributed by atoms with E-state index in [0.717, 1.165) is 28.5 Å². The van der Waals surface area contributed by atoms with Crippen LogP contribution in [0.2, 0.25) is 0 Å². The number of likely N-dealkylation sites (N-methyl/N-ethyl adjacent to an activating group) is 1. The molecule has 0 aromatic heterocycles. The Hall–Kier alpha value is -2.65. The maximum atomic E-state index is 11.7. The number of benzene rings is 2. The van der Waals surface area contributed by atoms with Gasteiger partial charge in [0.15, 0.2) is 9.84 Å². The first-order valence-electron chi connectivity index (χ1n) is 8.30. The van der Waals surface area contributed by atoms with E-state index in [1.54, 1.807) is 7.11 Å². The molecule has 27 heavy (non-hydrogen) atoms. The topological polar surface area (TPSA) is 103 Å². The van der Waals surface area contributed by atoms with Crippen LogP contribution in [0.25, 0.3) is 0 Å². The molecule has 0 aliphatic rings. The Morgan fingerprint density at radius 1 is 1.22 bits per heavy atom. The van der Waals surface area contributed by atoms with Crippen LogP contribution in [0.15, 0.2) is 47.4 Å². The number of nitrogens with zero attached hydrogens (tertiary/aromatic N) is 1. The van der Waals surface area contributed by atoms with Crippen LogP contribution >= 0.6 is 0 Å². The second kappa shape index (κ2) is 8.36. The lowest BCUT2D eigenvalue weighted by atomic mass is 10.0. The van der Waals surface area contributed by atoms with E-state index in [1.807, 2.05) is 38.4 Å². The van der Waals surface area contributed by atoms with Gasteiger partial charge in [-0.2, -0.15) is 0 Å². The van der Waals surface area contributed by atoms with Gasteiger partial charge in [-0.15, -0.1) is 0 Å². The molecule has 0 unspecified atom stereocenters. The number of nitro benzene ring substituents is 1. The highest BCUT2D eigenvalue weighted by Crippen LogP contribution is 2.29. The third-order valence-corrected chi connectivity index (χ3v) is 5.41. The lowest BCUT2D eigenvalue weighted by Gasteiger charge is -2.24. The lowest BCUT2D eigenvalue weighted by molar-refractivity contribution is -0.890. The molecule has 0 bridgehead atoms. The van der Waals surface area contributed by atoms with Crippen LogP contribution in [0.1, 0.15) is 11.6 Å². The molecule has 2 aromatic rings. The average Bonchev–Trinajstić information content (AvgIpc) is 2.61. The molecule has 0 saturated heterocycles. The molecule has 0 heterocycles. The summed E-state index contributed by atoms with van der Waals surface area (Å²) >= 11 is 0. The number of hydrogen-bond donors (Lipinski definition) is 2. The molecule has 9 heteroatoms. The number of nitrogens with one attached hydrogen (secondary N) is 2. The predicted octanol–water partition coefficient (Wildman–Crippen LogP) is 1.30. The number of methoxy groups -OCH3 is 1. The molecule has 1 atom stereocenters. The third-order valence-electron chi connectivity index (χ3n) is 4.30. The Kier molecular flexibility index (Phi) is 6.40. The van der Waals surface area contributed by atoms with Gasteiger partial charge in [0, 0.05) is 12.3 Å². The molecule has 0 radical (unpaired) electrons. The lowest BCUT2D eigenvalue weighted by Crippen LogP contribution is -3.06. The molecule has 2 aromatic carbocycles. The molecule has 2 rings (SSSR count). The van der Waals surface area contributed by atoms with Gasteiger partial charge in [-0.3, -0.25) is 10.1 Å². The van der Waals surface area contributed by atoms with Crippen molar-refractivity contribution in [2.24, 2.45) is 0 Å². The second-order valence-electron chi connectivity index (χ2n) is 6.46. The number of hydrogen-bond acceptors (Lipinski definition) is 6. The van der Waals surface area contributed by atoms with Gasteiger partial charge in [-0.05, 0) is 24.3 Å². The van der Waals surface area contributed by atoms with Crippen molar-refractivity contribution in [1.29, 1.82) is 0 Å². The van der Waals surface area contributed by atoms with Crippen molar-refractivity contribution in [1.82, 2.24) is 0 Å². The van der Waals surface area contributed by atoms with E-state index in [-0.39, 0.29) is 22.3 Å². The van der Waals surface area contributed by atoms with E-state index in [1.165, 1.54) is 12.1 Å². The summed E-state index contributed by atoms with van der Waals surface area (Å²) in [7, 11) is 2.05. The van der Waals surface area contributed by atoms with Gasteiger partial charge in [0.2, 0.25) is 0 Å². The molecule has 146 valence electrons. The maximum Gasteiger partial charge on any atom is 0.293 e. The van der Waals surface area contributed by atoms with Crippen LogP contribution in [0.4, 0.5) is 11.4 Å². The maximum absolute atomic E-state index is 11.7. The quantitative estimate of drug-likeness (QED) is 0.517. The zero-order valence-electron chi connectivity index (χ0n) is 15.7. The zero-order valence-corrected chi connectivity index (χ0v) is 16.5. The van der Waals surface area contributed by atoms with Gasteiger partial charge in [-0.25, -0.2) is 8.42 Å². The van der Waals surface area contributed by atoms with Crippen molar-refractivity contribution >= 4 is 21.2 Å². The largest absolute Gasteiger partial charge is 0.496 e. The summed E-state index contributed by atoms with van der Waals surface area (Å²) in [5, 5.41) is 14.5. The number of rotatable bonds is 8. The van der Waals surface area contributed by atoms with Crippen LogP contribution in [-0.4, -0.2) is 47.3 Å². The zero-order chi connectivity index (χ0) is 20.2. The first-order valence-corrected chi connectivity index (χ1v) is 10.2. The minimum Gasteiger partial charge on any atom is -0.496 e. The van der Waals surface area contributed by atoms with Gasteiger partial charge in [0.25, 0.3) is 5.69 Å². The summed E-state index contributed by atoms with van der Waals surface area (Å²) in [6.07, 6.45) is 1.02. The Balaban J connectivity index is 2.34. The molecule has 0 saturated carbocycles. The standard InChI is InChI=1S/C18H23N3O5S/c1-20(2)17(14-7-5-6-8-18(14)26-3)12-19-15-10-9-13(27(4,24)25)11-16(15)21(22)23/h5-11,17,19H,12H2,1-4H3/p+1/t17-/m0/s1. The first kappa shape index (κ1) is 20.7. The van der Waals surface area contributed by atoms with E-state index in [4.69, 9.17) is 4.74 Å². The van der Waals surface area contributed by atoms with E-state index in [9.17, 15) is 18.5 Å². The van der Waals surface area contributed by atoms with Crippen LogP contribution in [-0.2, 0) is 9.84 Å². The smallest absolute Gasteiger partial charge is 0.293 e. The minimum atomic E-state index is -3.53. The summed E-state index contributed by atoms with van der Waals surface area (Å²) < 4.78 is 28.8. The minimum absolute atomic E-state index is 0.0321. The fraction of sp³-hybridized carbons (Fsp3) is 0.333. The highest BCUT2D eigenvalue weighted by molar-refractivity contribution is 7.90. The van der Waals surface area contributed by atoms with Crippen molar-refractivity contribution in [2.45, 2.75) is 10.9 Å². The van der Waals surface area contributed by atoms with E-state index in [2.05, 4.69) is 5.32 Å². The van der Waals surface area contributed by atoms with Crippen molar-refractivity contribution in [3.8, 4) is 5.75 Å². The number of ether oxygens (including phenoxy) is 1. The van der Waals surface area contributed by atoms with Crippen LogP contribution in [0.5, 0.6) is 5.75 Å². The Labute approximate surface area is 158 Å². The molecule has 0 aliphatic heterocycles. The van der Waals surface area contributed by atoms with E-state index < -0.39 is 14.8 Å². The number of para-hydroxylation sites is 1. The fourth-order valence-electron chi connectivity index (χ4n) is 2.83. The number of anilines is 1. The van der Waals surface area contributed by atoms with Crippen LogP contribution in [0, 0.1) is 10.1 Å². The van der Waals surface area contributed by atoms with E-state index >= 15 is 0 Å². The van der Waals surface area contributed by atoms with Crippen molar-refractivity contribution in [3.63, 3.8) is 0 Å². The molecule has 0 amide bonds. The third kappa shape index (κ3) is 4.95. The predicted molar refractivity (Wildman–Crippen MR) is 103 cm³/mol. The molecule has 0 aliphatic carbocycles. The summed E-state index contributed by atoms with van der Waals surface area (Å²) in [6, 6.07) is 11.5. The van der Waals surface area contributed by atoms with Crippen molar-refractivity contribution < 1.29 is 23.0 Å². The fourth-order valence-corrected chi connectivity index (χ4v) is 3.47. The summed E-state index contributed by atoms with van der Waals surface area (Å²) in [5.74, 6) is 0.743. The summed E-state index contributed by atoms with van der Waals surface area (Å²) in [4.78, 5) is 11.8. The average molecular weight is 394 g/mol. The van der Waals surface area contributed by atoms with Crippen LogP contribution < -0.4 is 15.0 Å². The Bertz CT molecular complexity index is 928.